The highest BCUT2D eigenvalue weighted by molar-refractivity contribution is 5.29. The number of benzene rings is 1. The molecule has 0 unspecified atom stereocenters. The van der Waals surface area contributed by atoms with Crippen LogP contribution in [0.4, 0.5) is 19.2 Å². The summed E-state index contributed by atoms with van der Waals surface area (Å²) in [6.07, 6.45) is -2.23. The fourth-order valence-corrected chi connectivity index (χ4v) is 1.84. The second-order valence-corrected chi connectivity index (χ2v) is 4.77. The van der Waals surface area contributed by atoms with Crippen LogP contribution in [0.5, 0.6) is 0 Å². The van der Waals surface area contributed by atoms with Crippen molar-refractivity contribution in [3.63, 3.8) is 0 Å². The van der Waals surface area contributed by atoms with Gasteiger partial charge in [-0.3, -0.25) is 0 Å². The van der Waals surface area contributed by atoms with Crippen LogP contribution in [0.3, 0.4) is 0 Å². The number of nitrogens with one attached hydrogen (secondary N) is 1. The number of hydrogen-bond acceptors (Lipinski definition) is 4. The third-order valence-corrected chi connectivity index (χ3v) is 3.07. The van der Waals surface area contributed by atoms with Gasteiger partial charge < -0.3 is 9.73 Å². The largest absolute Gasteiger partial charge is 0.416 e. The predicted octanol–water partition coefficient (Wildman–Crippen LogP) is 3.58. The van der Waals surface area contributed by atoms with Crippen molar-refractivity contribution in [1.29, 1.82) is 0 Å². The van der Waals surface area contributed by atoms with Crippen LogP contribution >= 0.6 is 0 Å². The van der Waals surface area contributed by atoms with Gasteiger partial charge in [0.2, 0.25) is 5.89 Å². The van der Waals surface area contributed by atoms with Gasteiger partial charge in [0.05, 0.1) is 5.56 Å². The fraction of sp³-hybridized carbons (Fsp3) is 0.385. The Balaban J connectivity index is 1.65. The lowest BCUT2D eigenvalue weighted by atomic mass is 10.1. The summed E-state index contributed by atoms with van der Waals surface area (Å²) in [6.45, 7) is 0.205. The lowest BCUT2D eigenvalue weighted by Crippen LogP contribution is -2.06. The smallest absolute Gasteiger partial charge is 0.408 e. The van der Waals surface area contributed by atoms with Crippen molar-refractivity contribution in [2.45, 2.75) is 31.5 Å². The van der Waals surface area contributed by atoms with Gasteiger partial charge in [-0.05, 0) is 30.5 Å². The number of rotatable bonds is 4. The summed E-state index contributed by atoms with van der Waals surface area (Å²) in [6, 6.07) is 5.38. The van der Waals surface area contributed by atoms with E-state index in [1.165, 1.54) is 6.07 Å². The van der Waals surface area contributed by atoms with Crippen molar-refractivity contribution in [3.8, 4) is 0 Å². The first kappa shape index (κ1) is 13.0. The highest BCUT2D eigenvalue weighted by Crippen LogP contribution is 2.39. The molecule has 1 aromatic heterocycles. The van der Waals surface area contributed by atoms with Gasteiger partial charge in [-0.15, -0.1) is 5.10 Å². The maximum absolute atomic E-state index is 12.6. The molecule has 0 bridgehead atoms. The molecule has 1 heterocycles. The standard InChI is InChI=1S/C13H12F3N3O/c14-13(15,16)10-3-1-2-8(6-10)7-17-12-19-18-11(20-12)9-4-5-9/h1-3,6,9H,4-5,7H2,(H,17,19). The molecule has 20 heavy (non-hydrogen) atoms. The SMILES string of the molecule is FC(F)(F)c1cccc(CNc2nnc(C3CC3)o2)c1. The third-order valence-electron chi connectivity index (χ3n) is 3.07. The zero-order valence-corrected chi connectivity index (χ0v) is 10.4. The van der Waals surface area contributed by atoms with Crippen LogP contribution in [0.2, 0.25) is 0 Å². The average molecular weight is 283 g/mol. The van der Waals surface area contributed by atoms with E-state index in [1.807, 2.05) is 0 Å². The molecule has 2 aromatic rings. The maximum Gasteiger partial charge on any atom is 0.416 e. The first-order valence-corrected chi connectivity index (χ1v) is 6.26. The topological polar surface area (TPSA) is 51.0 Å². The van der Waals surface area contributed by atoms with E-state index in [9.17, 15) is 13.2 Å². The molecule has 0 aliphatic heterocycles. The van der Waals surface area contributed by atoms with Gasteiger partial charge in [0.25, 0.3) is 0 Å². The molecule has 0 amide bonds. The zero-order chi connectivity index (χ0) is 14.2. The minimum absolute atomic E-state index is 0.205. The van der Waals surface area contributed by atoms with Gasteiger partial charge in [-0.1, -0.05) is 17.2 Å². The normalized spacial score (nSPS) is 15.3. The molecule has 1 N–H and O–H groups in total. The van der Waals surface area contributed by atoms with Crippen LogP contribution in [0, 0.1) is 0 Å². The van der Waals surface area contributed by atoms with Crippen molar-refractivity contribution in [2.24, 2.45) is 0 Å². The number of anilines is 1. The second-order valence-electron chi connectivity index (χ2n) is 4.77. The number of nitrogens with zero attached hydrogens (tertiary/aromatic N) is 2. The molecule has 1 aliphatic rings. The number of halogens is 3. The first-order valence-electron chi connectivity index (χ1n) is 6.26. The zero-order valence-electron chi connectivity index (χ0n) is 10.4. The van der Waals surface area contributed by atoms with E-state index in [4.69, 9.17) is 4.42 Å². The molecule has 1 aromatic carbocycles. The lowest BCUT2D eigenvalue weighted by Gasteiger charge is -2.08. The summed E-state index contributed by atoms with van der Waals surface area (Å²) in [4.78, 5) is 0. The molecular formula is C13H12F3N3O. The van der Waals surface area contributed by atoms with Crippen molar-refractivity contribution < 1.29 is 17.6 Å². The Hall–Kier alpha value is -2.05. The Kier molecular flexibility index (Phi) is 3.11. The molecule has 7 heteroatoms. The molecule has 1 aliphatic carbocycles. The Bertz CT molecular complexity index is 605. The minimum atomic E-state index is -4.33. The minimum Gasteiger partial charge on any atom is -0.408 e. The molecule has 4 nitrogen and oxygen atoms in total. The van der Waals surface area contributed by atoms with Gasteiger partial charge in [-0.25, -0.2) is 0 Å². The average Bonchev–Trinajstić information content (AvgIpc) is 3.15. The quantitative estimate of drug-likeness (QED) is 0.931. The van der Waals surface area contributed by atoms with Crippen molar-refractivity contribution in [3.05, 3.63) is 41.3 Å². The van der Waals surface area contributed by atoms with Gasteiger partial charge in [-0.2, -0.15) is 13.2 Å². The molecule has 1 fully saturated rings. The number of aromatic nitrogens is 2. The molecular weight excluding hydrogens is 271 g/mol. The van der Waals surface area contributed by atoms with Crippen LogP contribution in [0.1, 0.15) is 35.8 Å². The van der Waals surface area contributed by atoms with E-state index in [0.717, 1.165) is 25.0 Å². The number of hydrogen-bond donors (Lipinski definition) is 1. The summed E-state index contributed by atoms with van der Waals surface area (Å²) in [5.41, 5.74) is -0.160. The summed E-state index contributed by atoms with van der Waals surface area (Å²) < 4.78 is 43.1. The fourth-order valence-electron chi connectivity index (χ4n) is 1.84. The molecule has 106 valence electrons. The van der Waals surface area contributed by atoms with E-state index >= 15 is 0 Å². The highest BCUT2D eigenvalue weighted by Gasteiger charge is 2.30. The van der Waals surface area contributed by atoms with Crippen LogP contribution in [-0.4, -0.2) is 10.2 Å². The summed E-state index contributed by atoms with van der Waals surface area (Å²) in [5.74, 6) is 0.947. The van der Waals surface area contributed by atoms with E-state index in [-0.39, 0.29) is 12.6 Å². The predicted molar refractivity (Wildman–Crippen MR) is 65.0 cm³/mol. The van der Waals surface area contributed by atoms with Gasteiger partial charge in [0, 0.05) is 12.5 Å². The van der Waals surface area contributed by atoms with Crippen LogP contribution in [-0.2, 0) is 12.7 Å². The van der Waals surface area contributed by atoms with Crippen LogP contribution < -0.4 is 5.32 Å². The Morgan fingerprint density at radius 2 is 2.05 bits per heavy atom. The van der Waals surface area contributed by atoms with E-state index in [1.54, 1.807) is 6.07 Å². The van der Waals surface area contributed by atoms with Gasteiger partial charge in [0.1, 0.15) is 0 Å². The molecule has 0 saturated heterocycles. The van der Waals surface area contributed by atoms with Gasteiger partial charge in [0.15, 0.2) is 0 Å². The molecule has 0 radical (unpaired) electrons. The Morgan fingerprint density at radius 1 is 1.25 bits per heavy atom. The molecule has 3 rings (SSSR count). The van der Waals surface area contributed by atoms with Crippen LogP contribution in [0.25, 0.3) is 0 Å². The molecule has 1 saturated carbocycles. The van der Waals surface area contributed by atoms with Crippen LogP contribution in [0.15, 0.2) is 28.7 Å². The Labute approximate surface area is 113 Å². The van der Waals surface area contributed by atoms with Crippen molar-refractivity contribution in [2.75, 3.05) is 5.32 Å². The highest BCUT2D eigenvalue weighted by atomic mass is 19.4. The molecule has 0 atom stereocenters. The van der Waals surface area contributed by atoms with E-state index < -0.39 is 11.7 Å². The van der Waals surface area contributed by atoms with E-state index in [2.05, 4.69) is 15.5 Å². The summed E-state index contributed by atoms with van der Waals surface area (Å²) >= 11 is 0. The van der Waals surface area contributed by atoms with E-state index in [0.29, 0.717) is 17.4 Å². The third kappa shape index (κ3) is 2.92. The summed E-state index contributed by atoms with van der Waals surface area (Å²) in [5, 5.41) is 10.5. The monoisotopic (exact) mass is 283 g/mol. The van der Waals surface area contributed by atoms with Crippen molar-refractivity contribution >= 4 is 6.01 Å². The maximum atomic E-state index is 12.6. The Morgan fingerprint density at radius 3 is 2.75 bits per heavy atom. The van der Waals surface area contributed by atoms with Gasteiger partial charge >= 0.3 is 12.2 Å². The molecule has 0 spiro atoms. The number of alkyl halides is 3. The first-order chi connectivity index (χ1) is 9.52. The second kappa shape index (κ2) is 4.81. The lowest BCUT2D eigenvalue weighted by molar-refractivity contribution is -0.137. The summed E-state index contributed by atoms with van der Waals surface area (Å²) in [7, 11) is 0. The van der Waals surface area contributed by atoms with Crippen molar-refractivity contribution in [1.82, 2.24) is 10.2 Å².